The zero-order valence-electron chi connectivity index (χ0n) is 12.8. The van der Waals surface area contributed by atoms with Crippen LogP contribution in [0.5, 0.6) is 5.88 Å². The topological polar surface area (TPSA) is 90.9 Å². The van der Waals surface area contributed by atoms with Gasteiger partial charge in [-0.1, -0.05) is 23.2 Å². The lowest BCUT2D eigenvalue weighted by molar-refractivity contribution is -0.0518. The molecule has 1 unspecified atom stereocenters. The van der Waals surface area contributed by atoms with Gasteiger partial charge >= 0.3 is 6.61 Å². The smallest absolute Gasteiger partial charge is 0.388 e. The van der Waals surface area contributed by atoms with Crippen molar-refractivity contribution >= 4 is 22.0 Å². The van der Waals surface area contributed by atoms with Crippen LogP contribution in [0.25, 0.3) is 22.2 Å². The number of fused-ring (bicyclic) bond motifs is 1. The van der Waals surface area contributed by atoms with E-state index in [4.69, 9.17) is 0 Å². The molecule has 0 bridgehead atoms. The molecule has 0 aliphatic carbocycles. The Morgan fingerprint density at radius 2 is 2.00 bits per heavy atom. The van der Waals surface area contributed by atoms with Gasteiger partial charge in [0.15, 0.2) is 0 Å². The van der Waals surface area contributed by atoms with Crippen LogP contribution in [0.1, 0.15) is 17.6 Å². The van der Waals surface area contributed by atoms with Crippen molar-refractivity contribution in [3.8, 4) is 17.1 Å². The number of benzene rings is 1. The lowest BCUT2D eigenvalue weighted by Gasteiger charge is -2.13. The number of nitrogens with one attached hydrogen (secondary N) is 1. The number of pyridine rings is 1. The van der Waals surface area contributed by atoms with Gasteiger partial charge in [-0.25, -0.2) is 8.78 Å². The second kappa shape index (κ2) is 7.38. The van der Waals surface area contributed by atoms with Gasteiger partial charge in [0.2, 0.25) is 5.88 Å². The van der Waals surface area contributed by atoms with E-state index in [1.165, 1.54) is 24.4 Å². The van der Waals surface area contributed by atoms with Crippen molar-refractivity contribution in [2.75, 3.05) is 0 Å². The number of alkyl halides is 4. The normalized spacial score (nSPS) is 12.9. The lowest BCUT2D eigenvalue weighted by Crippen LogP contribution is -2.03. The summed E-state index contributed by atoms with van der Waals surface area (Å²) in [5.41, 5.74) is 0.0789. The summed E-state index contributed by atoms with van der Waals surface area (Å²) >= 11 is -2.54. The minimum absolute atomic E-state index is 0.0551. The Morgan fingerprint density at radius 3 is 2.65 bits per heavy atom. The number of H-pyrrole nitrogens is 1. The first-order valence-corrected chi connectivity index (χ1v) is 8.36. The molecule has 1 aromatic carbocycles. The first-order chi connectivity index (χ1) is 12.4. The fraction of sp³-hybridized carbons (Fsp3) is 0.200. The molecule has 26 heavy (non-hydrogen) atoms. The van der Waals surface area contributed by atoms with E-state index in [-0.39, 0.29) is 22.2 Å². The minimum atomic E-state index is -3.12. The van der Waals surface area contributed by atoms with E-state index in [0.717, 1.165) is 6.07 Å². The van der Waals surface area contributed by atoms with Gasteiger partial charge in [0, 0.05) is 23.1 Å². The highest BCUT2D eigenvalue weighted by Gasteiger charge is 2.20. The van der Waals surface area contributed by atoms with E-state index >= 15 is 0 Å². The van der Waals surface area contributed by atoms with E-state index < -0.39 is 41.3 Å². The van der Waals surface area contributed by atoms with Crippen molar-refractivity contribution in [2.45, 2.75) is 18.8 Å². The average Bonchev–Trinajstić information content (AvgIpc) is 2.97. The van der Waals surface area contributed by atoms with Crippen LogP contribution in [0, 0.1) is 0 Å². The fourth-order valence-electron chi connectivity index (χ4n) is 2.53. The Bertz CT molecular complexity index is 964. The van der Waals surface area contributed by atoms with Gasteiger partial charge < -0.3 is 9.29 Å². The number of hydrogen-bond donors (Lipinski definition) is 1. The van der Waals surface area contributed by atoms with Crippen LogP contribution in [0.4, 0.5) is 17.6 Å². The summed E-state index contributed by atoms with van der Waals surface area (Å²) in [6, 6.07) is 5.16. The molecule has 0 radical (unpaired) electrons. The van der Waals surface area contributed by atoms with Crippen molar-refractivity contribution in [3.05, 3.63) is 41.6 Å². The summed E-state index contributed by atoms with van der Waals surface area (Å²) in [5.74, 6) is -0.982. The highest BCUT2D eigenvalue weighted by Crippen LogP contribution is 2.35. The molecule has 1 N–H and O–H groups in total. The molecule has 11 heteroatoms. The summed E-state index contributed by atoms with van der Waals surface area (Å²) in [4.78, 5) is 4.06. The third-order valence-corrected chi connectivity index (χ3v) is 4.12. The molecular formula is C15H10F4N3O3S-. The molecule has 2 heterocycles. The van der Waals surface area contributed by atoms with Crippen LogP contribution in [-0.4, -0.2) is 30.6 Å². The summed E-state index contributed by atoms with van der Waals surface area (Å²) in [7, 11) is 0. The first-order valence-electron chi connectivity index (χ1n) is 7.12. The number of nitrogens with zero attached hydrogens (tertiary/aromatic N) is 2. The number of aromatic nitrogens is 3. The first kappa shape index (κ1) is 18.3. The molecule has 0 aliphatic rings. The molecule has 6 nitrogen and oxygen atoms in total. The largest absolute Gasteiger partial charge is 0.772 e. The molecule has 3 rings (SSSR count). The summed E-state index contributed by atoms with van der Waals surface area (Å²) in [6.07, 6.45) is -1.57. The van der Waals surface area contributed by atoms with E-state index in [0.29, 0.717) is 5.52 Å². The van der Waals surface area contributed by atoms with Crippen LogP contribution < -0.4 is 4.74 Å². The highest BCUT2D eigenvalue weighted by molar-refractivity contribution is 7.78. The van der Waals surface area contributed by atoms with E-state index in [1.807, 2.05) is 0 Å². The molecule has 1 atom stereocenters. The van der Waals surface area contributed by atoms with Crippen molar-refractivity contribution < 1.29 is 31.1 Å². The van der Waals surface area contributed by atoms with Crippen LogP contribution in [-0.2, 0) is 16.8 Å². The van der Waals surface area contributed by atoms with Gasteiger partial charge in [-0.15, -0.1) is 5.10 Å². The van der Waals surface area contributed by atoms with Gasteiger partial charge in [-0.2, -0.15) is 8.78 Å². The third-order valence-electron chi connectivity index (χ3n) is 3.57. The van der Waals surface area contributed by atoms with Crippen LogP contribution in [0.3, 0.4) is 0 Å². The molecule has 0 amide bonds. The molecule has 138 valence electrons. The molecule has 0 fully saturated rings. The predicted octanol–water partition coefficient (Wildman–Crippen LogP) is 3.54. The molecule has 0 aliphatic heterocycles. The Labute approximate surface area is 146 Å². The molecule has 0 saturated heterocycles. The van der Waals surface area contributed by atoms with E-state index in [1.54, 1.807) is 0 Å². The zero-order valence-corrected chi connectivity index (χ0v) is 13.6. The number of ether oxygens (including phenoxy) is 1. The monoisotopic (exact) mass is 388 g/mol. The number of aromatic amines is 1. The lowest BCUT2D eigenvalue weighted by atomic mass is 10.0. The zero-order chi connectivity index (χ0) is 18.8. The number of rotatable bonds is 6. The summed E-state index contributed by atoms with van der Waals surface area (Å²) in [6.45, 7) is -3.12. The van der Waals surface area contributed by atoms with Crippen LogP contribution >= 0.6 is 0 Å². The average molecular weight is 388 g/mol. The van der Waals surface area contributed by atoms with Gasteiger partial charge in [-0.05, 0) is 17.7 Å². The molecular weight excluding hydrogens is 378 g/mol. The maximum absolute atomic E-state index is 13.3. The Balaban J connectivity index is 2.15. The van der Waals surface area contributed by atoms with Gasteiger partial charge in [0.05, 0.1) is 16.6 Å². The molecule has 0 saturated carbocycles. The van der Waals surface area contributed by atoms with Gasteiger partial charge in [0.25, 0.3) is 6.43 Å². The Morgan fingerprint density at radius 1 is 1.23 bits per heavy atom. The predicted molar refractivity (Wildman–Crippen MR) is 83.5 cm³/mol. The summed E-state index contributed by atoms with van der Waals surface area (Å²) < 4.78 is 77.7. The number of halogens is 4. The Kier molecular flexibility index (Phi) is 5.18. The second-order valence-corrected chi connectivity index (χ2v) is 6.05. The van der Waals surface area contributed by atoms with E-state index in [2.05, 4.69) is 19.9 Å². The SMILES string of the molecule is O=S([O-])Cc1ccc(-c2nccc3[nH]nc(OC(F)F)c23)cc1C(F)F. The van der Waals surface area contributed by atoms with Crippen molar-refractivity contribution in [3.63, 3.8) is 0 Å². The van der Waals surface area contributed by atoms with Crippen molar-refractivity contribution in [1.82, 2.24) is 15.2 Å². The Hall–Kier alpha value is -2.53. The van der Waals surface area contributed by atoms with Gasteiger partial charge in [0.1, 0.15) is 0 Å². The maximum Gasteiger partial charge on any atom is 0.388 e. The molecule has 2 aromatic heterocycles. The van der Waals surface area contributed by atoms with Crippen LogP contribution in [0.15, 0.2) is 30.5 Å². The third kappa shape index (κ3) is 3.68. The van der Waals surface area contributed by atoms with Crippen LogP contribution in [0.2, 0.25) is 0 Å². The molecule has 3 aromatic rings. The van der Waals surface area contributed by atoms with Crippen molar-refractivity contribution in [1.29, 1.82) is 0 Å². The quantitative estimate of drug-likeness (QED) is 0.515. The second-order valence-electron chi connectivity index (χ2n) is 5.15. The summed E-state index contributed by atoms with van der Waals surface area (Å²) in [5, 5.41) is 6.24. The molecule has 0 spiro atoms. The fourth-order valence-corrected chi connectivity index (χ4v) is 3.05. The minimum Gasteiger partial charge on any atom is -0.772 e. The highest BCUT2D eigenvalue weighted by atomic mass is 32.2. The maximum atomic E-state index is 13.3. The number of hydrogen-bond acceptors (Lipinski definition) is 5. The van der Waals surface area contributed by atoms with Crippen molar-refractivity contribution in [2.24, 2.45) is 0 Å². The standard InChI is InChI=1S/C15H11F4N3O3S/c16-13(17)9-5-7(1-2-8(9)6-26(23)24)12-11-10(3-4-20-12)21-22-14(11)25-15(18)19/h1-5,13,15H,6H2,(H,21,22)(H,23,24)/p-1. The van der Waals surface area contributed by atoms with Gasteiger partial charge in [-0.3, -0.25) is 14.3 Å². The van der Waals surface area contributed by atoms with E-state index in [9.17, 15) is 26.3 Å².